The van der Waals surface area contributed by atoms with E-state index in [1.165, 1.54) is 0 Å². The van der Waals surface area contributed by atoms with Crippen molar-refractivity contribution >= 4 is 26.9 Å². The quantitative estimate of drug-likeness (QED) is 0.640. The summed E-state index contributed by atoms with van der Waals surface area (Å²) in [7, 11) is -2.04. The maximum Gasteiger partial charge on any atom is 0.274 e. The zero-order valence-electron chi connectivity index (χ0n) is 14.8. The van der Waals surface area contributed by atoms with Crippen LogP contribution in [0.1, 0.15) is 12.0 Å². The van der Waals surface area contributed by atoms with E-state index in [0.717, 1.165) is 47.5 Å². The molecular weight excluding hydrogens is 358 g/mol. The van der Waals surface area contributed by atoms with Gasteiger partial charge >= 0.3 is 0 Å². The third-order valence-corrected chi connectivity index (χ3v) is 4.96. The van der Waals surface area contributed by atoms with Crippen molar-refractivity contribution in [1.29, 1.82) is 0 Å². The third kappa shape index (κ3) is 4.39. The average Bonchev–Trinajstić information content (AvgIpc) is 2.53. The van der Waals surface area contributed by atoms with Crippen LogP contribution < -0.4 is 19.5 Å². The highest BCUT2D eigenvalue weighted by Gasteiger charge is 2.29. The molecule has 3 rings (SSSR count). The summed E-state index contributed by atoms with van der Waals surface area (Å²) >= 11 is 0. The maximum absolute atomic E-state index is 10.9. The third-order valence-electron chi connectivity index (χ3n) is 4.36. The molecule has 0 bridgehead atoms. The number of fused-ring (bicyclic) bond motifs is 1. The number of aromatic nitrogens is 2. The van der Waals surface area contributed by atoms with Gasteiger partial charge in [0.2, 0.25) is 0 Å². The van der Waals surface area contributed by atoms with Crippen molar-refractivity contribution in [3.63, 3.8) is 0 Å². The minimum absolute atomic E-state index is 0.179. The topological polar surface area (TPSA) is 120 Å². The van der Waals surface area contributed by atoms with Gasteiger partial charge in [-0.2, -0.15) is 8.42 Å². The van der Waals surface area contributed by atoms with Crippen LogP contribution in [0, 0.1) is 12.8 Å². The Bertz CT molecular complexity index is 884. The van der Waals surface area contributed by atoms with E-state index in [0.29, 0.717) is 12.5 Å². The first-order valence-electron chi connectivity index (χ1n) is 8.27. The molecule has 0 radical (unpaired) electrons. The Balaban J connectivity index is 1.71. The van der Waals surface area contributed by atoms with E-state index < -0.39 is 10.2 Å². The molecule has 1 fully saturated rings. The summed E-state index contributed by atoms with van der Waals surface area (Å²) < 4.78 is 34.7. The summed E-state index contributed by atoms with van der Waals surface area (Å²) in [6, 6.07) is 3.91. The van der Waals surface area contributed by atoms with Crippen LogP contribution >= 0.6 is 0 Å². The fraction of sp³-hybridized carbons (Fsp3) is 0.500. The van der Waals surface area contributed by atoms with Gasteiger partial charge in [-0.15, -0.1) is 0 Å². The summed E-state index contributed by atoms with van der Waals surface area (Å²) in [6.07, 6.45) is 2.29. The number of nitrogens with two attached hydrogens (primary N) is 1. The number of hydrogen-bond acceptors (Lipinski definition) is 7. The van der Waals surface area contributed by atoms with Crippen LogP contribution in [0.4, 0.5) is 5.82 Å². The SMILES string of the molecule is COCOc1cc2c(N3CC(CCNS(N)(=O)=O)C3)ncnc2cc1C. The molecule has 142 valence electrons. The predicted molar refractivity (Wildman–Crippen MR) is 98.2 cm³/mol. The average molecular weight is 381 g/mol. The molecule has 0 spiro atoms. The molecule has 0 saturated carbocycles. The van der Waals surface area contributed by atoms with E-state index in [2.05, 4.69) is 19.6 Å². The molecule has 0 aliphatic carbocycles. The first-order valence-corrected chi connectivity index (χ1v) is 9.81. The number of ether oxygens (including phenoxy) is 2. The van der Waals surface area contributed by atoms with Crippen molar-refractivity contribution in [1.82, 2.24) is 14.7 Å². The Morgan fingerprint density at radius 2 is 2.12 bits per heavy atom. The highest BCUT2D eigenvalue weighted by Crippen LogP contribution is 2.33. The van der Waals surface area contributed by atoms with Gasteiger partial charge in [-0.1, -0.05) is 0 Å². The molecule has 0 atom stereocenters. The number of nitrogens with zero attached hydrogens (tertiary/aromatic N) is 3. The van der Waals surface area contributed by atoms with Crippen molar-refractivity contribution in [3.05, 3.63) is 24.0 Å². The van der Waals surface area contributed by atoms with Gasteiger partial charge in [-0.3, -0.25) is 0 Å². The molecule has 3 N–H and O–H groups in total. The lowest BCUT2D eigenvalue weighted by Gasteiger charge is -2.40. The largest absolute Gasteiger partial charge is 0.467 e. The normalized spacial score (nSPS) is 15.3. The van der Waals surface area contributed by atoms with Gasteiger partial charge in [0, 0.05) is 32.1 Å². The number of benzene rings is 1. The molecule has 1 aliphatic rings. The molecular formula is C16H23N5O4S. The zero-order chi connectivity index (χ0) is 18.7. The number of aryl methyl sites for hydroxylation is 1. The van der Waals surface area contributed by atoms with Crippen LogP contribution in [-0.4, -0.2) is 51.9 Å². The Labute approximate surface area is 152 Å². The molecule has 10 heteroatoms. The second-order valence-electron chi connectivity index (χ2n) is 6.38. The van der Waals surface area contributed by atoms with E-state index >= 15 is 0 Å². The Morgan fingerprint density at radius 1 is 1.35 bits per heavy atom. The number of hydrogen-bond donors (Lipinski definition) is 2. The molecule has 26 heavy (non-hydrogen) atoms. The maximum atomic E-state index is 10.9. The smallest absolute Gasteiger partial charge is 0.274 e. The second kappa shape index (κ2) is 7.70. The molecule has 2 aromatic rings. The lowest BCUT2D eigenvalue weighted by atomic mass is 9.96. The van der Waals surface area contributed by atoms with Crippen molar-refractivity contribution in [2.45, 2.75) is 13.3 Å². The number of anilines is 1. The minimum atomic E-state index is -3.62. The lowest BCUT2D eigenvalue weighted by molar-refractivity contribution is 0.0507. The number of rotatable bonds is 8. The van der Waals surface area contributed by atoms with Gasteiger partial charge in [0.15, 0.2) is 6.79 Å². The van der Waals surface area contributed by atoms with E-state index in [1.807, 2.05) is 19.1 Å². The van der Waals surface area contributed by atoms with Crippen molar-refractivity contribution in [3.8, 4) is 5.75 Å². The fourth-order valence-corrected chi connectivity index (χ4v) is 3.44. The summed E-state index contributed by atoms with van der Waals surface area (Å²) in [5.41, 5.74) is 1.84. The van der Waals surface area contributed by atoms with Crippen LogP contribution in [0.5, 0.6) is 5.75 Å². The van der Waals surface area contributed by atoms with E-state index in [9.17, 15) is 8.42 Å². The summed E-state index contributed by atoms with van der Waals surface area (Å²) in [6.45, 7) is 4.10. The van der Waals surface area contributed by atoms with Crippen LogP contribution in [0.3, 0.4) is 0 Å². The molecule has 2 heterocycles. The van der Waals surface area contributed by atoms with E-state index in [1.54, 1.807) is 13.4 Å². The van der Waals surface area contributed by atoms with Crippen LogP contribution in [0.2, 0.25) is 0 Å². The van der Waals surface area contributed by atoms with Crippen molar-refractivity contribution in [2.75, 3.05) is 38.4 Å². The lowest BCUT2D eigenvalue weighted by Crippen LogP contribution is -2.48. The predicted octanol–water partition coefficient (Wildman–Crippen LogP) is 0.540. The first-order chi connectivity index (χ1) is 12.4. The molecule has 1 saturated heterocycles. The summed E-state index contributed by atoms with van der Waals surface area (Å²) in [4.78, 5) is 10.9. The monoisotopic (exact) mass is 381 g/mol. The number of nitrogens with one attached hydrogen (secondary N) is 1. The standard InChI is InChI=1S/C16H23N5O4S/c1-11-5-14-13(6-15(11)25-10-24-2)16(19-9-18-14)21-7-12(8-21)3-4-20-26(17,22)23/h5-6,9,12,20H,3-4,7-8,10H2,1-2H3,(H2,17,22,23). The number of methoxy groups -OCH3 is 1. The van der Waals surface area contributed by atoms with Crippen molar-refractivity contribution in [2.24, 2.45) is 11.1 Å². The molecule has 9 nitrogen and oxygen atoms in total. The fourth-order valence-electron chi connectivity index (χ4n) is 3.03. The minimum Gasteiger partial charge on any atom is -0.467 e. The highest BCUT2D eigenvalue weighted by molar-refractivity contribution is 7.87. The summed E-state index contributed by atoms with van der Waals surface area (Å²) in [5.74, 6) is 1.99. The first kappa shape index (κ1) is 18.8. The van der Waals surface area contributed by atoms with Gasteiger partial charge < -0.3 is 14.4 Å². The molecule has 0 amide bonds. The zero-order valence-corrected chi connectivity index (χ0v) is 15.6. The highest BCUT2D eigenvalue weighted by atomic mass is 32.2. The van der Waals surface area contributed by atoms with Gasteiger partial charge in [0.25, 0.3) is 10.2 Å². The van der Waals surface area contributed by atoms with E-state index in [4.69, 9.17) is 14.6 Å². The van der Waals surface area contributed by atoms with Crippen molar-refractivity contribution < 1.29 is 17.9 Å². The molecule has 1 aromatic heterocycles. The summed E-state index contributed by atoms with van der Waals surface area (Å²) in [5, 5.41) is 5.86. The van der Waals surface area contributed by atoms with Gasteiger partial charge in [-0.25, -0.2) is 19.8 Å². The second-order valence-corrected chi connectivity index (χ2v) is 7.76. The molecule has 0 unspecified atom stereocenters. The Hall–Kier alpha value is -2.01. The van der Waals surface area contributed by atoms with E-state index in [-0.39, 0.29) is 6.79 Å². The molecule has 1 aromatic carbocycles. The Morgan fingerprint density at radius 3 is 2.81 bits per heavy atom. The van der Waals surface area contributed by atoms with Gasteiger partial charge in [0.05, 0.1) is 5.52 Å². The van der Waals surface area contributed by atoms with Crippen LogP contribution in [0.25, 0.3) is 10.9 Å². The van der Waals surface area contributed by atoms with Crippen LogP contribution in [-0.2, 0) is 14.9 Å². The van der Waals surface area contributed by atoms with Gasteiger partial charge in [0.1, 0.15) is 17.9 Å². The van der Waals surface area contributed by atoms with Gasteiger partial charge in [-0.05, 0) is 37.0 Å². The Kier molecular flexibility index (Phi) is 5.56. The molecule has 1 aliphatic heterocycles. The van der Waals surface area contributed by atoms with Crippen LogP contribution in [0.15, 0.2) is 18.5 Å².